The number of rotatable bonds is 5. The molecule has 0 saturated carbocycles. The summed E-state index contributed by atoms with van der Waals surface area (Å²) in [6.07, 6.45) is 0.715. The number of benzene rings is 1. The number of aryl methyl sites for hydroxylation is 2. The molecule has 0 aliphatic heterocycles. The number of para-hydroxylation sites is 1. The molecule has 0 saturated heterocycles. The maximum atomic E-state index is 11.8. The van der Waals surface area contributed by atoms with Gasteiger partial charge < -0.3 is 9.84 Å². The lowest BCUT2D eigenvalue weighted by Gasteiger charge is -2.24. The normalized spacial score (nSPS) is 10.3. The molecule has 0 fully saturated rings. The molecule has 1 N–H and O–H groups in total. The molecule has 1 amide bonds. The van der Waals surface area contributed by atoms with Gasteiger partial charge in [-0.25, -0.2) is 4.79 Å². The van der Waals surface area contributed by atoms with Gasteiger partial charge in [0.15, 0.2) is 0 Å². The molecule has 1 aromatic rings. The van der Waals surface area contributed by atoms with Gasteiger partial charge in [-0.3, -0.25) is 9.69 Å². The third-order valence-electron chi connectivity index (χ3n) is 2.82. The molecule has 0 bridgehead atoms. The van der Waals surface area contributed by atoms with Crippen molar-refractivity contribution in [3.05, 3.63) is 29.3 Å². The highest BCUT2D eigenvalue weighted by Gasteiger charge is 2.25. The minimum Gasteiger partial charge on any atom is -0.474 e. The highest BCUT2D eigenvalue weighted by molar-refractivity contribution is 6.37. The average Bonchev–Trinajstić information content (AvgIpc) is 2.39. The molecule has 5 heteroatoms. The first kappa shape index (κ1) is 15.2. The first-order chi connectivity index (χ1) is 9.02. The van der Waals surface area contributed by atoms with Crippen molar-refractivity contribution < 1.29 is 19.4 Å². The van der Waals surface area contributed by atoms with Crippen LogP contribution in [0.2, 0.25) is 0 Å². The maximum Gasteiger partial charge on any atom is 0.395 e. The van der Waals surface area contributed by atoms with Gasteiger partial charge in [0.25, 0.3) is 0 Å². The average molecular weight is 265 g/mol. The molecular formula is C14H19NO4. The first-order valence-electron chi connectivity index (χ1n) is 6.23. The fraction of sp³-hybridized carbons (Fsp3) is 0.429. The molecule has 1 rings (SSSR count). The van der Waals surface area contributed by atoms with E-state index in [4.69, 9.17) is 9.84 Å². The van der Waals surface area contributed by atoms with E-state index >= 15 is 0 Å². The van der Waals surface area contributed by atoms with Crippen LogP contribution in [0.25, 0.3) is 0 Å². The number of ether oxygens (including phenoxy) is 1. The SMILES string of the molecule is CCOCN(C(=O)C(=O)O)c1c(C)cccc1CC. The molecule has 1 aromatic carbocycles. The van der Waals surface area contributed by atoms with Crippen LogP contribution in [-0.4, -0.2) is 30.3 Å². The van der Waals surface area contributed by atoms with E-state index in [0.29, 0.717) is 18.7 Å². The Bertz CT molecular complexity index is 471. The van der Waals surface area contributed by atoms with Crippen LogP contribution in [0.3, 0.4) is 0 Å². The highest BCUT2D eigenvalue weighted by atomic mass is 16.5. The Morgan fingerprint density at radius 2 is 2.00 bits per heavy atom. The summed E-state index contributed by atoms with van der Waals surface area (Å²) in [4.78, 5) is 23.9. The topological polar surface area (TPSA) is 66.8 Å². The molecule has 5 nitrogen and oxygen atoms in total. The Labute approximate surface area is 112 Å². The molecule has 0 atom stereocenters. The summed E-state index contributed by atoms with van der Waals surface area (Å²) >= 11 is 0. The Hall–Kier alpha value is -1.88. The summed E-state index contributed by atoms with van der Waals surface area (Å²) in [6.45, 7) is 5.96. The maximum absolute atomic E-state index is 11.8. The number of carbonyl (C=O) groups excluding carboxylic acids is 1. The van der Waals surface area contributed by atoms with Crippen molar-refractivity contribution in [2.45, 2.75) is 27.2 Å². The van der Waals surface area contributed by atoms with Crippen molar-refractivity contribution in [2.24, 2.45) is 0 Å². The predicted molar refractivity (Wildman–Crippen MR) is 72.2 cm³/mol. The molecule has 0 aromatic heterocycles. The number of hydrogen-bond acceptors (Lipinski definition) is 3. The van der Waals surface area contributed by atoms with Gasteiger partial charge in [-0.05, 0) is 31.4 Å². The quantitative estimate of drug-likeness (QED) is 0.653. The van der Waals surface area contributed by atoms with Gasteiger partial charge in [0, 0.05) is 6.61 Å². The highest BCUT2D eigenvalue weighted by Crippen LogP contribution is 2.26. The molecule has 0 heterocycles. The molecule has 0 spiro atoms. The van der Waals surface area contributed by atoms with E-state index in [9.17, 15) is 9.59 Å². The van der Waals surface area contributed by atoms with E-state index in [-0.39, 0.29) is 6.73 Å². The van der Waals surface area contributed by atoms with Crippen LogP contribution >= 0.6 is 0 Å². The van der Waals surface area contributed by atoms with Crippen LogP contribution in [0.4, 0.5) is 5.69 Å². The van der Waals surface area contributed by atoms with Crippen molar-refractivity contribution in [2.75, 3.05) is 18.2 Å². The van der Waals surface area contributed by atoms with Crippen molar-refractivity contribution >= 4 is 17.6 Å². The minimum absolute atomic E-state index is 0.0561. The Balaban J connectivity index is 3.23. The minimum atomic E-state index is -1.48. The number of carbonyl (C=O) groups is 2. The number of aliphatic carboxylic acids is 1. The van der Waals surface area contributed by atoms with Crippen LogP contribution in [-0.2, 0) is 20.7 Å². The van der Waals surface area contributed by atoms with Gasteiger partial charge in [-0.1, -0.05) is 25.1 Å². The molecule has 0 aliphatic carbocycles. The Morgan fingerprint density at radius 3 is 2.53 bits per heavy atom. The van der Waals surface area contributed by atoms with Gasteiger partial charge in [-0.2, -0.15) is 0 Å². The fourth-order valence-corrected chi connectivity index (χ4v) is 1.91. The number of carboxylic acids is 1. The number of carboxylic acid groups (broad SMARTS) is 1. The Morgan fingerprint density at radius 1 is 1.32 bits per heavy atom. The molecule has 0 radical (unpaired) electrons. The molecular weight excluding hydrogens is 246 g/mol. The van der Waals surface area contributed by atoms with Crippen molar-refractivity contribution in [3.8, 4) is 0 Å². The zero-order valence-electron chi connectivity index (χ0n) is 11.5. The lowest BCUT2D eigenvalue weighted by Crippen LogP contribution is -2.39. The van der Waals surface area contributed by atoms with E-state index in [1.54, 1.807) is 6.92 Å². The third-order valence-corrected chi connectivity index (χ3v) is 2.82. The van der Waals surface area contributed by atoms with Gasteiger partial charge >= 0.3 is 11.9 Å². The van der Waals surface area contributed by atoms with E-state index in [1.165, 1.54) is 4.90 Å². The first-order valence-corrected chi connectivity index (χ1v) is 6.23. The zero-order chi connectivity index (χ0) is 14.4. The number of amides is 1. The largest absolute Gasteiger partial charge is 0.474 e. The number of hydrogen-bond donors (Lipinski definition) is 1. The second-order valence-electron chi connectivity index (χ2n) is 4.10. The summed E-state index contributed by atoms with van der Waals surface area (Å²) in [5.74, 6) is -2.46. The lowest BCUT2D eigenvalue weighted by atomic mass is 10.0. The Kier molecular flexibility index (Phi) is 5.51. The zero-order valence-corrected chi connectivity index (χ0v) is 11.5. The fourth-order valence-electron chi connectivity index (χ4n) is 1.91. The standard InChI is InChI=1S/C14H19NO4/c1-4-11-8-6-7-10(3)12(11)15(9-19-5-2)13(16)14(17)18/h6-8H,4-5,9H2,1-3H3,(H,17,18). The number of anilines is 1. The van der Waals surface area contributed by atoms with Crippen molar-refractivity contribution in [1.29, 1.82) is 0 Å². The summed E-state index contributed by atoms with van der Waals surface area (Å²) in [5.41, 5.74) is 2.41. The molecule has 0 unspecified atom stereocenters. The van der Waals surface area contributed by atoms with Crippen molar-refractivity contribution in [3.63, 3.8) is 0 Å². The number of nitrogens with zero attached hydrogens (tertiary/aromatic N) is 1. The van der Waals surface area contributed by atoms with Crippen LogP contribution in [0.5, 0.6) is 0 Å². The van der Waals surface area contributed by atoms with E-state index in [1.807, 2.05) is 32.0 Å². The smallest absolute Gasteiger partial charge is 0.395 e. The van der Waals surface area contributed by atoms with Crippen LogP contribution in [0.15, 0.2) is 18.2 Å². The van der Waals surface area contributed by atoms with Crippen LogP contribution in [0, 0.1) is 6.92 Å². The van der Waals surface area contributed by atoms with Gasteiger partial charge in [0.2, 0.25) is 0 Å². The van der Waals surface area contributed by atoms with E-state index < -0.39 is 11.9 Å². The van der Waals surface area contributed by atoms with E-state index in [0.717, 1.165) is 11.1 Å². The summed E-state index contributed by atoms with van der Waals surface area (Å²) in [7, 11) is 0. The van der Waals surface area contributed by atoms with Crippen molar-refractivity contribution in [1.82, 2.24) is 0 Å². The third kappa shape index (κ3) is 3.54. The predicted octanol–water partition coefficient (Wildman–Crippen LogP) is 1.97. The summed E-state index contributed by atoms with van der Waals surface area (Å²) in [5, 5.41) is 8.92. The molecule has 19 heavy (non-hydrogen) atoms. The van der Waals surface area contributed by atoms with Gasteiger partial charge in [0.1, 0.15) is 6.73 Å². The molecule has 0 aliphatic rings. The lowest BCUT2D eigenvalue weighted by molar-refractivity contribution is -0.149. The molecule has 104 valence electrons. The van der Waals surface area contributed by atoms with Gasteiger partial charge in [0.05, 0.1) is 5.69 Å². The van der Waals surface area contributed by atoms with E-state index in [2.05, 4.69) is 0 Å². The summed E-state index contributed by atoms with van der Waals surface area (Å²) in [6, 6.07) is 5.63. The van der Waals surface area contributed by atoms with Crippen LogP contribution < -0.4 is 4.90 Å². The summed E-state index contributed by atoms with van der Waals surface area (Å²) < 4.78 is 5.22. The monoisotopic (exact) mass is 265 g/mol. The van der Waals surface area contributed by atoms with Crippen LogP contribution in [0.1, 0.15) is 25.0 Å². The van der Waals surface area contributed by atoms with Gasteiger partial charge in [-0.15, -0.1) is 0 Å². The second-order valence-corrected chi connectivity index (χ2v) is 4.10. The second kappa shape index (κ2) is 6.89.